The molecule has 64 valence electrons. The summed E-state index contributed by atoms with van der Waals surface area (Å²) in [5, 5.41) is 8.50. The Bertz CT molecular complexity index is 220. The van der Waals surface area contributed by atoms with Gasteiger partial charge in [0.15, 0.2) is 7.28 Å². The Morgan fingerprint density at radius 1 is 1.33 bits per heavy atom. The van der Waals surface area contributed by atoms with Crippen LogP contribution in [0.1, 0.15) is 0 Å². The monoisotopic (exact) mass is 164 g/mol. The SMILES string of the molecule is CBc1ccc(OCCO)cc1. The fraction of sp³-hybridized carbons (Fsp3) is 0.333. The van der Waals surface area contributed by atoms with E-state index in [2.05, 4.69) is 6.82 Å². The zero-order valence-corrected chi connectivity index (χ0v) is 7.29. The van der Waals surface area contributed by atoms with Crippen molar-refractivity contribution in [3.05, 3.63) is 24.3 Å². The summed E-state index contributed by atoms with van der Waals surface area (Å²) >= 11 is 0. The van der Waals surface area contributed by atoms with Crippen LogP contribution in [0.4, 0.5) is 0 Å². The highest BCUT2D eigenvalue weighted by atomic mass is 16.5. The molecule has 0 fully saturated rings. The van der Waals surface area contributed by atoms with Gasteiger partial charge in [0.05, 0.1) is 6.61 Å². The van der Waals surface area contributed by atoms with Crippen molar-refractivity contribution in [2.24, 2.45) is 0 Å². The maximum absolute atomic E-state index is 8.50. The quantitative estimate of drug-likeness (QED) is 0.642. The fourth-order valence-corrected chi connectivity index (χ4v) is 0.985. The van der Waals surface area contributed by atoms with Gasteiger partial charge in [0.2, 0.25) is 0 Å². The highest BCUT2D eigenvalue weighted by Gasteiger charge is 1.92. The van der Waals surface area contributed by atoms with Crippen molar-refractivity contribution in [2.75, 3.05) is 13.2 Å². The molecule has 2 nitrogen and oxygen atoms in total. The lowest BCUT2D eigenvalue weighted by Crippen LogP contribution is -2.09. The number of rotatable bonds is 4. The Kier molecular flexibility index (Phi) is 3.68. The third-order valence-electron chi connectivity index (χ3n) is 1.69. The van der Waals surface area contributed by atoms with Crippen LogP contribution in [0.2, 0.25) is 6.82 Å². The lowest BCUT2D eigenvalue weighted by Gasteiger charge is -2.03. The summed E-state index contributed by atoms with van der Waals surface area (Å²) in [6, 6.07) is 7.92. The molecule has 1 aromatic carbocycles. The summed E-state index contributed by atoms with van der Waals surface area (Å²) < 4.78 is 5.20. The predicted molar refractivity (Wildman–Crippen MR) is 51.7 cm³/mol. The molecule has 0 spiro atoms. The van der Waals surface area contributed by atoms with Gasteiger partial charge in [0.25, 0.3) is 0 Å². The molecule has 0 amide bonds. The Morgan fingerprint density at radius 2 is 2.00 bits per heavy atom. The van der Waals surface area contributed by atoms with E-state index in [1.165, 1.54) is 5.46 Å². The van der Waals surface area contributed by atoms with E-state index in [4.69, 9.17) is 9.84 Å². The lowest BCUT2D eigenvalue weighted by molar-refractivity contribution is 0.201. The molecule has 0 bridgehead atoms. The molecule has 0 unspecified atom stereocenters. The van der Waals surface area contributed by atoms with E-state index in [1.807, 2.05) is 24.3 Å². The number of aliphatic hydroxyl groups is 1. The Balaban J connectivity index is 2.53. The maximum Gasteiger partial charge on any atom is 0.154 e. The normalized spacial score (nSPS) is 9.50. The number of aliphatic hydroxyl groups excluding tert-OH is 1. The van der Waals surface area contributed by atoms with Crippen LogP contribution in [-0.4, -0.2) is 25.6 Å². The van der Waals surface area contributed by atoms with Crippen LogP contribution in [0.5, 0.6) is 5.75 Å². The van der Waals surface area contributed by atoms with Crippen LogP contribution in [0.3, 0.4) is 0 Å². The van der Waals surface area contributed by atoms with Crippen LogP contribution in [0, 0.1) is 0 Å². The summed E-state index contributed by atoms with van der Waals surface area (Å²) in [4.78, 5) is 0. The molecule has 1 rings (SSSR count). The number of hydrogen-bond acceptors (Lipinski definition) is 2. The first-order chi connectivity index (χ1) is 5.86. The van der Waals surface area contributed by atoms with Gasteiger partial charge in [0.1, 0.15) is 12.4 Å². The molecular weight excluding hydrogens is 151 g/mol. The summed E-state index contributed by atoms with van der Waals surface area (Å²) in [5.74, 6) is 0.821. The fourth-order valence-electron chi connectivity index (χ4n) is 0.985. The largest absolute Gasteiger partial charge is 0.491 e. The summed E-state index contributed by atoms with van der Waals surface area (Å²) in [7, 11) is 1.04. The maximum atomic E-state index is 8.50. The zero-order chi connectivity index (χ0) is 8.81. The van der Waals surface area contributed by atoms with Gasteiger partial charge in [-0.05, 0) is 12.1 Å². The molecule has 0 aliphatic heterocycles. The van der Waals surface area contributed by atoms with Crippen molar-refractivity contribution in [1.29, 1.82) is 0 Å². The summed E-state index contributed by atoms with van der Waals surface area (Å²) in [5.41, 5.74) is 1.30. The van der Waals surface area contributed by atoms with Gasteiger partial charge in [-0.1, -0.05) is 24.4 Å². The molecule has 3 heteroatoms. The molecule has 1 aromatic rings. The van der Waals surface area contributed by atoms with Crippen LogP contribution >= 0.6 is 0 Å². The van der Waals surface area contributed by atoms with E-state index in [0.717, 1.165) is 13.0 Å². The third-order valence-corrected chi connectivity index (χ3v) is 1.69. The van der Waals surface area contributed by atoms with Gasteiger partial charge in [-0.15, -0.1) is 0 Å². The molecule has 0 saturated heterocycles. The van der Waals surface area contributed by atoms with Crippen LogP contribution in [-0.2, 0) is 0 Å². The molecule has 0 saturated carbocycles. The highest BCUT2D eigenvalue weighted by Crippen LogP contribution is 2.06. The molecule has 0 aromatic heterocycles. The van der Waals surface area contributed by atoms with E-state index in [9.17, 15) is 0 Å². The first-order valence-corrected chi connectivity index (χ1v) is 4.19. The van der Waals surface area contributed by atoms with E-state index in [1.54, 1.807) is 0 Å². The van der Waals surface area contributed by atoms with Crippen molar-refractivity contribution in [2.45, 2.75) is 6.82 Å². The van der Waals surface area contributed by atoms with Gasteiger partial charge >= 0.3 is 0 Å². The first kappa shape index (κ1) is 9.14. The minimum absolute atomic E-state index is 0.0650. The molecule has 0 aliphatic rings. The molecule has 1 N–H and O–H groups in total. The predicted octanol–water partition coefficient (Wildman–Crippen LogP) is 0.168. The smallest absolute Gasteiger partial charge is 0.154 e. The Hall–Kier alpha value is -0.955. The average Bonchev–Trinajstić information content (AvgIpc) is 2.15. The Morgan fingerprint density at radius 3 is 2.50 bits per heavy atom. The standard InChI is InChI=1S/C9H13BO2/c1-10-8-2-4-9(5-3-8)12-7-6-11/h2-5,10-11H,6-7H2,1H3. The van der Waals surface area contributed by atoms with E-state index in [0.29, 0.717) is 6.61 Å². The van der Waals surface area contributed by atoms with Crippen molar-refractivity contribution in [1.82, 2.24) is 0 Å². The number of ether oxygens (including phenoxy) is 1. The Labute approximate surface area is 73.4 Å². The van der Waals surface area contributed by atoms with Gasteiger partial charge in [-0.3, -0.25) is 0 Å². The average molecular weight is 164 g/mol. The molecular formula is C9H13BO2. The molecule has 0 atom stereocenters. The summed E-state index contributed by atoms with van der Waals surface area (Å²) in [6.45, 7) is 2.55. The van der Waals surface area contributed by atoms with Gasteiger partial charge in [-0.25, -0.2) is 0 Å². The minimum atomic E-state index is 0.0650. The second-order valence-electron chi connectivity index (χ2n) is 2.57. The van der Waals surface area contributed by atoms with Gasteiger partial charge in [-0.2, -0.15) is 0 Å². The minimum Gasteiger partial charge on any atom is -0.491 e. The topological polar surface area (TPSA) is 29.5 Å². The molecule has 0 aliphatic carbocycles. The zero-order valence-electron chi connectivity index (χ0n) is 7.29. The molecule has 0 heterocycles. The van der Waals surface area contributed by atoms with Crippen molar-refractivity contribution < 1.29 is 9.84 Å². The third kappa shape index (κ3) is 2.59. The van der Waals surface area contributed by atoms with E-state index < -0.39 is 0 Å². The number of benzene rings is 1. The van der Waals surface area contributed by atoms with Crippen LogP contribution in [0.25, 0.3) is 0 Å². The summed E-state index contributed by atoms with van der Waals surface area (Å²) in [6.07, 6.45) is 0. The molecule has 12 heavy (non-hydrogen) atoms. The second-order valence-corrected chi connectivity index (χ2v) is 2.57. The lowest BCUT2D eigenvalue weighted by atomic mass is 9.73. The van der Waals surface area contributed by atoms with Gasteiger partial charge in [0, 0.05) is 0 Å². The first-order valence-electron chi connectivity index (χ1n) is 4.19. The van der Waals surface area contributed by atoms with Crippen molar-refractivity contribution in [3.63, 3.8) is 0 Å². The van der Waals surface area contributed by atoms with Gasteiger partial charge < -0.3 is 9.84 Å². The second kappa shape index (κ2) is 4.83. The number of hydrogen-bond donors (Lipinski definition) is 1. The van der Waals surface area contributed by atoms with Crippen molar-refractivity contribution >= 4 is 12.7 Å². The van der Waals surface area contributed by atoms with E-state index >= 15 is 0 Å². The highest BCUT2D eigenvalue weighted by molar-refractivity contribution is 6.51. The van der Waals surface area contributed by atoms with E-state index in [-0.39, 0.29) is 6.61 Å². The van der Waals surface area contributed by atoms with Crippen LogP contribution in [0.15, 0.2) is 24.3 Å². The van der Waals surface area contributed by atoms with Crippen molar-refractivity contribution in [3.8, 4) is 5.75 Å². The molecule has 0 radical (unpaired) electrons. The van der Waals surface area contributed by atoms with Crippen LogP contribution < -0.4 is 10.2 Å².